The Morgan fingerprint density at radius 3 is 2.78 bits per heavy atom. The van der Waals surface area contributed by atoms with Gasteiger partial charge < -0.3 is 15.8 Å². The number of carbonyl (C=O) groups excluding carboxylic acids is 1. The molecule has 0 unspecified atom stereocenters. The summed E-state index contributed by atoms with van der Waals surface area (Å²) in [7, 11) is 0. The molecule has 0 bridgehead atoms. The first-order valence-corrected chi connectivity index (χ1v) is 5.79. The third-order valence-corrected chi connectivity index (χ3v) is 2.68. The Kier molecular flexibility index (Phi) is 7.75. The first-order chi connectivity index (χ1) is 8.02. The van der Waals surface area contributed by atoms with Crippen molar-refractivity contribution >= 4 is 29.9 Å². The lowest BCUT2D eigenvalue weighted by Crippen LogP contribution is -2.40. The fourth-order valence-electron chi connectivity index (χ4n) is 1.23. The lowest BCUT2D eigenvalue weighted by Gasteiger charge is -2.12. The van der Waals surface area contributed by atoms with Crippen LogP contribution in [0.5, 0.6) is 5.75 Å². The molecule has 0 aromatic heterocycles. The smallest absolute Gasteiger partial charge is 0.258 e. The summed E-state index contributed by atoms with van der Waals surface area (Å²) in [5.74, 6) is 0.443. The molecule has 3 N–H and O–H groups in total. The maximum atomic E-state index is 11.4. The van der Waals surface area contributed by atoms with Crippen LogP contribution < -0.4 is 15.8 Å². The largest absolute Gasteiger partial charge is 0.484 e. The quantitative estimate of drug-likeness (QED) is 0.871. The molecule has 4 nitrogen and oxygen atoms in total. The highest BCUT2D eigenvalue weighted by Gasteiger charge is 2.06. The third kappa shape index (κ3) is 5.58. The Bertz CT molecular complexity index is 400. The number of benzene rings is 1. The van der Waals surface area contributed by atoms with Crippen LogP contribution in [0, 0.1) is 6.92 Å². The molecule has 0 radical (unpaired) electrons. The van der Waals surface area contributed by atoms with Gasteiger partial charge in [0, 0.05) is 17.6 Å². The van der Waals surface area contributed by atoms with E-state index < -0.39 is 0 Å². The van der Waals surface area contributed by atoms with Gasteiger partial charge in [0.1, 0.15) is 5.75 Å². The highest BCUT2D eigenvalue weighted by molar-refractivity contribution is 6.31. The predicted octanol–water partition coefficient (Wildman–Crippen LogP) is 1.91. The van der Waals surface area contributed by atoms with E-state index in [1.54, 1.807) is 18.2 Å². The molecule has 1 atom stereocenters. The van der Waals surface area contributed by atoms with E-state index in [0.717, 1.165) is 5.56 Å². The van der Waals surface area contributed by atoms with Crippen molar-refractivity contribution in [3.8, 4) is 5.75 Å². The highest BCUT2D eigenvalue weighted by Crippen LogP contribution is 2.20. The maximum absolute atomic E-state index is 11.4. The molecule has 18 heavy (non-hydrogen) atoms. The molecule has 1 rings (SSSR count). The minimum atomic E-state index is -0.185. The normalized spacial score (nSPS) is 11.3. The van der Waals surface area contributed by atoms with Gasteiger partial charge in [0.2, 0.25) is 0 Å². The Morgan fingerprint density at radius 2 is 2.22 bits per heavy atom. The van der Waals surface area contributed by atoms with Crippen LogP contribution >= 0.6 is 24.0 Å². The summed E-state index contributed by atoms with van der Waals surface area (Å²) < 4.78 is 5.34. The minimum Gasteiger partial charge on any atom is -0.484 e. The van der Waals surface area contributed by atoms with Crippen LogP contribution in [0.4, 0.5) is 0 Å². The van der Waals surface area contributed by atoms with Crippen molar-refractivity contribution in [3.63, 3.8) is 0 Å². The van der Waals surface area contributed by atoms with Gasteiger partial charge in [-0.3, -0.25) is 4.79 Å². The molecule has 1 aromatic carbocycles. The molecule has 0 heterocycles. The number of halogens is 2. The molecular formula is C12H18Cl2N2O2. The molecule has 0 aliphatic heterocycles. The standard InChI is InChI=1S/C12H17ClN2O2.ClH/c1-8-5-10(3-4-11(8)13)17-7-12(16)15-9(2)6-14;/h3-5,9H,6-7,14H2,1-2H3,(H,15,16);1H/t9-;/m0./s1. The average Bonchev–Trinajstić information content (AvgIpc) is 2.30. The van der Waals surface area contributed by atoms with Crippen LogP contribution in [-0.2, 0) is 4.79 Å². The van der Waals surface area contributed by atoms with Crippen LogP contribution in [-0.4, -0.2) is 25.1 Å². The van der Waals surface area contributed by atoms with Crippen molar-refractivity contribution in [2.24, 2.45) is 5.73 Å². The minimum absolute atomic E-state index is 0. The van der Waals surface area contributed by atoms with Gasteiger partial charge in [0.25, 0.3) is 5.91 Å². The zero-order valence-electron chi connectivity index (χ0n) is 10.4. The van der Waals surface area contributed by atoms with E-state index in [1.807, 2.05) is 13.8 Å². The van der Waals surface area contributed by atoms with Crippen molar-refractivity contribution in [3.05, 3.63) is 28.8 Å². The summed E-state index contributed by atoms with van der Waals surface area (Å²) in [6.07, 6.45) is 0. The lowest BCUT2D eigenvalue weighted by molar-refractivity contribution is -0.123. The van der Waals surface area contributed by atoms with Gasteiger partial charge in [-0.05, 0) is 37.6 Å². The van der Waals surface area contributed by atoms with E-state index in [2.05, 4.69) is 5.32 Å². The number of carbonyl (C=O) groups is 1. The van der Waals surface area contributed by atoms with E-state index >= 15 is 0 Å². The number of amides is 1. The second kappa shape index (κ2) is 8.19. The number of nitrogens with one attached hydrogen (secondary N) is 1. The fraction of sp³-hybridized carbons (Fsp3) is 0.417. The molecule has 1 amide bonds. The Labute approximate surface area is 118 Å². The number of hydrogen-bond acceptors (Lipinski definition) is 3. The van der Waals surface area contributed by atoms with Crippen LogP contribution in [0.2, 0.25) is 5.02 Å². The fourth-order valence-corrected chi connectivity index (χ4v) is 1.35. The van der Waals surface area contributed by atoms with Gasteiger partial charge in [-0.2, -0.15) is 0 Å². The number of aryl methyl sites for hydroxylation is 1. The molecule has 6 heteroatoms. The number of ether oxygens (including phenoxy) is 1. The van der Waals surface area contributed by atoms with Gasteiger partial charge in [0.15, 0.2) is 6.61 Å². The van der Waals surface area contributed by atoms with Crippen LogP contribution in [0.15, 0.2) is 18.2 Å². The molecule has 102 valence electrons. The van der Waals surface area contributed by atoms with Gasteiger partial charge in [0.05, 0.1) is 0 Å². The van der Waals surface area contributed by atoms with Crippen molar-refractivity contribution in [1.29, 1.82) is 0 Å². The summed E-state index contributed by atoms with van der Waals surface area (Å²) >= 11 is 5.88. The van der Waals surface area contributed by atoms with Crippen molar-refractivity contribution in [2.45, 2.75) is 19.9 Å². The van der Waals surface area contributed by atoms with E-state index in [4.69, 9.17) is 22.1 Å². The number of rotatable bonds is 5. The second-order valence-corrected chi connectivity index (χ2v) is 4.31. The zero-order valence-corrected chi connectivity index (χ0v) is 12.0. The average molecular weight is 293 g/mol. The van der Waals surface area contributed by atoms with Gasteiger partial charge >= 0.3 is 0 Å². The summed E-state index contributed by atoms with van der Waals surface area (Å²) in [4.78, 5) is 11.4. The Morgan fingerprint density at radius 1 is 1.56 bits per heavy atom. The van der Waals surface area contributed by atoms with Gasteiger partial charge in [-0.25, -0.2) is 0 Å². The lowest BCUT2D eigenvalue weighted by atomic mass is 10.2. The molecule has 0 fully saturated rings. The topological polar surface area (TPSA) is 64.3 Å². The van der Waals surface area contributed by atoms with E-state index in [0.29, 0.717) is 17.3 Å². The molecule has 1 aromatic rings. The Hall–Kier alpha value is -0.970. The first kappa shape index (κ1) is 17.0. The molecular weight excluding hydrogens is 275 g/mol. The van der Waals surface area contributed by atoms with Crippen molar-refractivity contribution < 1.29 is 9.53 Å². The SMILES string of the molecule is Cc1cc(OCC(=O)N[C@@H](C)CN)ccc1Cl.Cl. The zero-order chi connectivity index (χ0) is 12.8. The maximum Gasteiger partial charge on any atom is 0.258 e. The number of hydrogen-bond donors (Lipinski definition) is 2. The van der Waals surface area contributed by atoms with E-state index in [-0.39, 0.29) is 31.0 Å². The summed E-state index contributed by atoms with van der Waals surface area (Å²) in [6, 6.07) is 5.22. The van der Waals surface area contributed by atoms with Crippen molar-refractivity contribution in [1.82, 2.24) is 5.32 Å². The summed E-state index contributed by atoms with van der Waals surface area (Å²) in [5, 5.41) is 3.39. The molecule has 0 saturated heterocycles. The van der Waals surface area contributed by atoms with E-state index in [9.17, 15) is 4.79 Å². The monoisotopic (exact) mass is 292 g/mol. The number of nitrogens with two attached hydrogens (primary N) is 1. The first-order valence-electron chi connectivity index (χ1n) is 5.41. The van der Waals surface area contributed by atoms with E-state index in [1.165, 1.54) is 0 Å². The van der Waals surface area contributed by atoms with Crippen LogP contribution in [0.3, 0.4) is 0 Å². The Balaban J connectivity index is 0.00000289. The van der Waals surface area contributed by atoms with Crippen LogP contribution in [0.25, 0.3) is 0 Å². The third-order valence-electron chi connectivity index (χ3n) is 2.26. The summed E-state index contributed by atoms with van der Waals surface area (Å²) in [5.41, 5.74) is 6.31. The molecule has 0 saturated carbocycles. The molecule has 0 spiro atoms. The van der Waals surface area contributed by atoms with Crippen LogP contribution in [0.1, 0.15) is 12.5 Å². The molecule has 0 aliphatic carbocycles. The van der Waals surface area contributed by atoms with Gasteiger partial charge in [-0.15, -0.1) is 12.4 Å². The van der Waals surface area contributed by atoms with Gasteiger partial charge in [-0.1, -0.05) is 11.6 Å². The second-order valence-electron chi connectivity index (χ2n) is 3.90. The molecule has 0 aliphatic rings. The predicted molar refractivity (Wildman–Crippen MR) is 75.6 cm³/mol. The van der Waals surface area contributed by atoms with Crippen molar-refractivity contribution in [2.75, 3.05) is 13.2 Å². The summed E-state index contributed by atoms with van der Waals surface area (Å²) in [6.45, 7) is 4.10. The highest BCUT2D eigenvalue weighted by atomic mass is 35.5.